The second-order valence-electron chi connectivity index (χ2n) is 5.53. The summed E-state index contributed by atoms with van der Waals surface area (Å²) in [6.07, 6.45) is 5.75. The molecule has 0 saturated carbocycles. The van der Waals surface area contributed by atoms with Gasteiger partial charge in [0.25, 0.3) is 0 Å². The zero-order chi connectivity index (χ0) is 9.12. The summed E-state index contributed by atoms with van der Waals surface area (Å²) in [6, 6.07) is 0. The monoisotopic (exact) mass is 154 g/mol. The van der Waals surface area contributed by atoms with Crippen molar-refractivity contribution in [2.24, 2.45) is 10.8 Å². The molecule has 0 heteroatoms. The van der Waals surface area contributed by atoms with E-state index < -0.39 is 0 Å². The van der Waals surface area contributed by atoms with Crippen molar-refractivity contribution in [3.63, 3.8) is 0 Å². The maximum Gasteiger partial charge on any atom is -0.0203 e. The van der Waals surface area contributed by atoms with Crippen LogP contribution in [0.5, 0.6) is 0 Å². The lowest BCUT2D eigenvalue weighted by atomic mass is 9.89. The Labute approximate surface area is 71.7 Å². The molecule has 0 aliphatic rings. The molecular weight excluding hydrogens is 132 g/mol. The van der Waals surface area contributed by atoms with Gasteiger partial charge in [-0.1, -0.05) is 53.7 Å². The van der Waals surface area contributed by atoms with Crippen LogP contribution in [0.1, 0.15) is 48.0 Å². The van der Waals surface area contributed by atoms with Gasteiger partial charge >= 0.3 is 0 Å². The molecule has 0 atom stereocenters. The smallest absolute Gasteiger partial charge is 0.0203 e. The summed E-state index contributed by atoms with van der Waals surface area (Å²) in [6.45, 7) is 13.5. The molecule has 0 aromatic carbocycles. The summed E-state index contributed by atoms with van der Waals surface area (Å²) >= 11 is 0. The number of hydrogen-bond acceptors (Lipinski definition) is 0. The van der Waals surface area contributed by atoms with E-state index in [0.717, 1.165) is 0 Å². The Balaban J connectivity index is 3.80. The van der Waals surface area contributed by atoms with Gasteiger partial charge < -0.3 is 0 Å². The van der Waals surface area contributed by atoms with Gasteiger partial charge in [-0.2, -0.15) is 0 Å². The Morgan fingerprint density at radius 2 is 1.36 bits per heavy atom. The predicted molar refractivity (Wildman–Crippen MR) is 52.7 cm³/mol. The van der Waals surface area contributed by atoms with Gasteiger partial charge in [0.2, 0.25) is 0 Å². The van der Waals surface area contributed by atoms with Crippen molar-refractivity contribution in [1.29, 1.82) is 0 Å². The second-order valence-corrected chi connectivity index (χ2v) is 5.53. The number of hydrogen-bond donors (Lipinski definition) is 0. The summed E-state index contributed by atoms with van der Waals surface area (Å²) in [5.41, 5.74) is 0.771. The Hall–Kier alpha value is -0.260. The second kappa shape index (κ2) is 3.42. The molecular formula is C11H22. The molecule has 0 aromatic heterocycles. The molecule has 66 valence electrons. The molecule has 0 rings (SSSR count). The first-order chi connectivity index (χ1) is 4.71. The molecule has 0 radical (unpaired) electrons. The fourth-order valence-electron chi connectivity index (χ4n) is 0.766. The molecule has 0 fully saturated rings. The van der Waals surface area contributed by atoms with E-state index in [-0.39, 0.29) is 0 Å². The van der Waals surface area contributed by atoms with Gasteiger partial charge in [-0.25, -0.2) is 0 Å². The Kier molecular flexibility index (Phi) is 3.34. The van der Waals surface area contributed by atoms with Crippen molar-refractivity contribution in [3.05, 3.63) is 12.2 Å². The van der Waals surface area contributed by atoms with Gasteiger partial charge in [-0.15, -0.1) is 0 Å². The van der Waals surface area contributed by atoms with Crippen molar-refractivity contribution < 1.29 is 0 Å². The summed E-state index contributed by atoms with van der Waals surface area (Å²) in [5.74, 6) is 0. The maximum absolute atomic E-state index is 2.29. The third-order valence-electron chi connectivity index (χ3n) is 1.35. The summed E-state index contributed by atoms with van der Waals surface area (Å²) < 4.78 is 0. The van der Waals surface area contributed by atoms with Crippen LogP contribution in [0.3, 0.4) is 0 Å². The van der Waals surface area contributed by atoms with Crippen molar-refractivity contribution in [1.82, 2.24) is 0 Å². The highest BCUT2D eigenvalue weighted by molar-refractivity contribution is 4.93. The Bertz CT molecular complexity index is 127. The summed E-state index contributed by atoms with van der Waals surface area (Å²) in [7, 11) is 0. The van der Waals surface area contributed by atoms with Gasteiger partial charge in [-0.3, -0.25) is 0 Å². The summed E-state index contributed by atoms with van der Waals surface area (Å²) in [5, 5.41) is 0. The topological polar surface area (TPSA) is 0 Å². The molecule has 0 amide bonds. The fraction of sp³-hybridized carbons (Fsp3) is 0.818. The largest absolute Gasteiger partial charge is 0.0875 e. The van der Waals surface area contributed by atoms with Crippen LogP contribution in [0.25, 0.3) is 0 Å². The van der Waals surface area contributed by atoms with Crippen molar-refractivity contribution in [2.75, 3.05) is 0 Å². The highest BCUT2D eigenvalue weighted by atomic mass is 14.1. The predicted octanol–water partition coefficient (Wildman–Crippen LogP) is 4.02. The molecule has 11 heavy (non-hydrogen) atoms. The SMILES string of the molecule is CC(C)(C)/C=C\CC(C)(C)C. The van der Waals surface area contributed by atoms with Crippen molar-refractivity contribution in [2.45, 2.75) is 48.0 Å². The van der Waals surface area contributed by atoms with Crippen LogP contribution in [0, 0.1) is 10.8 Å². The molecule has 0 N–H and O–H groups in total. The van der Waals surface area contributed by atoms with Crippen LogP contribution in [-0.4, -0.2) is 0 Å². The first-order valence-electron chi connectivity index (χ1n) is 4.38. The minimum Gasteiger partial charge on any atom is -0.0875 e. The van der Waals surface area contributed by atoms with Crippen LogP contribution in [0.15, 0.2) is 12.2 Å². The molecule has 0 unspecified atom stereocenters. The van der Waals surface area contributed by atoms with E-state index in [1.165, 1.54) is 6.42 Å². The van der Waals surface area contributed by atoms with Gasteiger partial charge in [-0.05, 0) is 17.3 Å². The minimum atomic E-state index is 0.339. The van der Waals surface area contributed by atoms with E-state index >= 15 is 0 Å². The number of rotatable bonds is 1. The van der Waals surface area contributed by atoms with E-state index in [4.69, 9.17) is 0 Å². The van der Waals surface area contributed by atoms with Gasteiger partial charge in [0.1, 0.15) is 0 Å². The zero-order valence-electron chi connectivity index (χ0n) is 8.86. The lowest BCUT2D eigenvalue weighted by molar-refractivity contribution is 0.417. The highest BCUT2D eigenvalue weighted by Gasteiger charge is 2.08. The Morgan fingerprint density at radius 1 is 0.909 bits per heavy atom. The van der Waals surface area contributed by atoms with Gasteiger partial charge in [0.15, 0.2) is 0 Å². The zero-order valence-corrected chi connectivity index (χ0v) is 8.86. The van der Waals surface area contributed by atoms with Crippen molar-refractivity contribution >= 4 is 0 Å². The third-order valence-corrected chi connectivity index (χ3v) is 1.35. The molecule has 0 spiro atoms. The molecule has 0 aliphatic heterocycles. The molecule has 0 bridgehead atoms. The average molecular weight is 154 g/mol. The standard InChI is InChI=1S/C11H22/c1-10(2,3)8-7-9-11(4,5)6/h7-8H,9H2,1-6H3/b8-7-. The van der Waals surface area contributed by atoms with E-state index in [1.54, 1.807) is 0 Å². The highest BCUT2D eigenvalue weighted by Crippen LogP contribution is 2.21. The Morgan fingerprint density at radius 3 is 1.64 bits per heavy atom. The first kappa shape index (κ1) is 10.7. The van der Waals surface area contributed by atoms with Crippen LogP contribution >= 0.6 is 0 Å². The normalized spacial score (nSPS) is 14.4. The first-order valence-corrected chi connectivity index (χ1v) is 4.38. The van der Waals surface area contributed by atoms with E-state index in [9.17, 15) is 0 Å². The van der Waals surface area contributed by atoms with Crippen LogP contribution in [0.2, 0.25) is 0 Å². The maximum atomic E-state index is 2.29. The molecule has 0 heterocycles. The molecule has 0 nitrogen and oxygen atoms in total. The lowest BCUT2D eigenvalue weighted by Gasteiger charge is -2.17. The van der Waals surface area contributed by atoms with Crippen LogP contribution < -0.4 is 0 Å². The van der Waals surface area contributed by atoms with Crippen LogP contribution in [-0.2, 0) is 0 Å². The van der Waals surface area contributed by atoms with E-state index in [1.807, 2.05) is 0 Å². The quantitative estimate of drug-likeness (QED) is 0.500. The molecule has 0 aromatic rings. The van der Waals surface area contributed by atoms with Gasteiger partial charge in [0, 0.05) is 0 Å². The average Bonchev–Trinajstić information content (AvgIpc) is 1.55. The van der Waals surface area contributed by atoms with E-state index in [2.05, 4.69) is 53.7 Å². The fourth-order valence-corrected chi connectivity index (χ4v) is 0.766. The van der Waals surface area contributed by atoms with Crippen molar-refractivity contribution in [3.8, 4) is 0 Å². The van der Waals surface area contributed by atoms with Crippen LogP contribution in [0.4, 0.5) is 0 Å². The van der Waals surface area contributed by atoms with Gasteiger partial charge in [0.05, 0.1) is 0 Å². The lowest BCUT2D eigenvalue weighted by Crippen LogP contribution is -2.04. The van der Waals surface area contributed by atoms with E-state index in [0.29, 0.717) is 10.8 Å². The summed E-state index contributed by atoms with van der Waals surface area (Å²) in [4.78, 5) is 0. The molecule has 0 saturated heterocycles. The molecule has 0 aliphatic carbocycles. The minimum absolute atomic E-state index is 0.339. The number of allylic oxidation sites excluding steroid dienone is 2. The third kappa shape index (κ3) is 9.74.